The number of aryl methyl sites for hydroxylation is 2. The van der Waals surface area contributed by atoms with E-state index in [0.29, 0.717) is 28.7 Å². The number of hydrogen-bond donors (Lipinski definition) is 1. The van der Waals surface area contributed by atoms with Crippen molar-refractivity contribution in [3.8, 4) is 5.75 Å². The van der Waals surface area contributed by atoms with Gasteiger partial charge in [0.05, 0.1) is 0 Å². The minimum atomic E-state index is -1.11. The van der Waals surface area contributed by atoms with Gasteiger partial charge < -0.3 is 19.2 Å². The van der Waals surface area contributed by atoms with Gasteiger partial charge in [0.25, 0.3) is 0 Å². The monoisotopic (exact) mass is 513 g/mol. The molecular formula is C31H31NO6. The van der Waals surface area contributed by atoms with E-state index in [1.165, 1.54) is 0 Å². The summed E-state index contributed by atoms with van der Waals surface area (Å²) in [4.78, 5) is 38.7. The van der Waals surface area contributed by atoms with Crippen molar-refractivity contribution in [2.24, 2.45) is 0 Å². The zero-order chi connectivity index (χ0) is 27.4. The summed E-state index contributed by atoms with van der Waals surface area (Å²) in [6.45, 7) is 8.83. The summed E-state index contributed by atoms with van der Waals surface area (Å²) in [6, 6.07) is 20.8. The van der Waals surface area contributed by atoms with Gasteiger partial charge in [0.1, 0.15) is 16.9 Å². The highest BCUT2D eigenvalue weighted by atomic mass is 16.6. The minimum Gasteiger partial charge on any atom is -0.444 e. The third-order valence-electron chi connectivity index (χ3n) is 6.12. The number of amides is 1. The van der Waals surface area contributed by atoms with E-state index in [0.717, 1.165) is 16.5 Å². The molecule has 1 aromatic heterocycles. The average molecular weight is 514 g/mol. The molecule has 1 amide bonds. The number of hydrogen-bond acceptors (Lipinski definition) is 6. The first kappa shape index (κ1) is 26.7. The van der Waals surface area contributed by atoms with Crippen molar-refractivity contribution in [1.82, 2.24) is 5.32 Å². The van der Waals surface area contributed by atoms with Crippen LogP contribution in [0, 0.1) is 13.8 Å². The first-order valence-corrected chi connectivity index (χ1v) is 12.4. The van der Waals surface area contributed by atoms with Crippen molar-refractivity contribution in [3.63, 3.8) is 0 Å². The maximum absolute atomic E-state index is 13.3. The summed E-state index contributed by atoms with van der Waals surface area (Å²) in [6.07, 6.45) is -0.290. The largest absolute Gasteiger partial charge is 0.444 e. The van der Waals surface area contributed by atoms with Crippen LogP contribution in [0.4, 0.5) is 4.79 Å². The third kappa shape index (κ3) is 6.11. The van der Waals surface area contributed by atoms with Gasteiger partial charge in [0.15, 0.2) is 6.04 Å². The molecule has 0 aliphatic carbocycles. The van der Waals surface area contributed by atoms with Gasteiger partial charge in [-0.15, -0.1) is 0 Å². The Kier molecular flexibility index (Phi) is 7.67. The number of esters is 1. The number of carbonyl (C=O) groups excluding carboxylic acids is 2. The fourth-order valence-electron chi connectivity index (χ4n) is 4.20. The fourth-order valence-corrected chi connectivity index (χ4v) is 4.20. The van der Waals surface area contributed by atoms with Gasteiger partial charge in [-0.1, -0.05) is 60.7 Å². The quantitative estimate of drug-likeness (QED) is 0.188. The summed E-state index contributed by atoms with van der Waals surface area (Å²) in [5.74, 6) is -0.475. The highest BCUT2D eigenvalue weighted by molar-refractivity contribution is 5.88. The highest BCUT2D eigenvalue weighted by Crippen LogP contribution is 2.31. The molecule has 7 heteroatoms. The molecule has 0 aliphatic heterocycles. The van der Waals surface area contributed by atoms with E-state index in [2.05, 4.69) is 5.32 Å². The van der Waals surface area contributed by atoms with Crippen LogP contribution >= 0.6 is 0 Å². The first-order valence-electron chi connectivity index (χ1n) is 12.4. The Morgan fingerprint density at radius 1 is 0.895 bits per heavy atom. The summed E-state index contributed by atoms with van der Waals surface area (Å²) >= 11 is 0. The Labute approximate surface area is 221 Å². The SMILES string of the molecule is Cc1c(Cc2ccccc2)c(=O)oc2c(C)c(OC(=O)[C@H](NC(=O)OC(C)(C)C)c3ccccc3)ccc12. The number of fused-ring (bicyclic) bond motifs is 1. The van der Waals surface area contributed by atoms with E-state index < -0.39 is 29.3 Å². The lowest BCUT2D eigenvalue weighted by molar-refractivity contribution is -0.137. The van der Waals surface area contributed by atoms with Crippen LogP contribution < -0.4 is 15.7 Å². The van der Waals surface area contributed by atoms with E-state index in [4.69, 9.17) is 13.9 Å². The minimum absolute atomic E-state index is 0.229. The average Bonchev–Trinajstić information content (AvgIpc) is 2.87. The molecule has 0 spiro atoms. The van der Waals surface area contributed by atoms with Gasteiger partial charge in [0, 0.05) is 22.9 Å². The lowest BCUT2D eigenvalue weighted by Gasteiger charge is -2.23. The smallest absolute Gasteiger partial charge is 0.408 e. The highest BCUT2D eigenvalue weighted by Gasteiger charge is 2.28. The Morgan fingerprint density at radius 3 is 2.16 bits per heavy atom. The van der Waals surface area contributed by atoms with Crippen molar-refractivity contribution in [2.75, 3.05) is 0 Å². The Bertz CT molecular complexity index is 1520. The molecule has 0 fully saturated rings. The molecule has 4 rings (SSSR count). The van der Waals surface area contributed by atoms with Gasteiger partial charge in [0.2, 0.25) is 0 Å². The maximum atomic E-state index is 13.3. The van der Waals surface area contributed by atoms with E-state index in [-0.39, 0.29) is 5.75 Å². The molecular weight excluding hydrogens is 482 g/mol. The van der Waals surface area contributed by atoms with Crippen molar-refractivity contribution >= 4 is 23.0 Å². The lowest BCUT2D eigenvalue weighted by atomic mass is 9.98. The molecule has 0 radical (unpaired) electrons. The molecule has 38 heavy (non-hydrogen) atoms. The number of nitrogens with one attached hydrogen (secondary N) is 1. The molecule has 0 saturated carbocycles. The number of carbonyl (C=O) groups is 2. The van der Waals surface area contributed by atoms with Crippen LogP contribution in [0.2, 0.25) is 0 Å². The predicted molar refractivity (Wildman–Crippen MR) is 145 cm³/mol. The molecule has 3 aromatic carbocycles. The molecule has 0 saturated heterocycles. The van der Waals surface area contributed by atoms with E-state index in [1.807, 2.05) is 43.3 Å². The zero-order valence-electron chi connectivity index (χ0n) is 22.2. The predicted octanol–water partition coefficient (Wildman–Crippen LogP) is 6.17. The summed E-state index contributed by atoms with van der Waals surface area (Å²) in [5, 5.41) is 3.37. The van der Waals surface area contributed by atoms with Crippen molar-refractivity contribution in [2.45, 2.75) is 52.7 Å². The Morgan fingerprint density at radius 2 is 1.53 bits per heavy atom. The molecule has 0 unspecified atom stereocenters. The van der Waals surface area contributed by atoms with Crippen LogP contribution in [-0.2, 0) is 16.0 Å². The zero-order valence-corrected chi connectivity index (χ0v) is 22.2. The number of ether oxygens (including phenoxy) is 2. The van der Waals surface area contributed by atoms with Crippen LogP contribution in [0.5, 0.6) is 5.75 Å². The Balaban J connectivity index is 1.64. The van der Waals surface area contributed by atoms with E-state index in [1.54, 1.807) is 64.1 Å². The van der Waals surface area contributed by atoms with Crippen LogP contribution in [-0.4, -0.2) is 17.7 Å². The van der Waals surface area contributed by atoms with Gasteiger partial charge >= 0.3 is 17.7 Å². The number of rotatable bonds is 6. The molecule has 0 aliphatic rings. The van der Waals surface area contributed by atoms with Gasteiger partial charge in [-0.2, -0.15) is 0 Å². The van der Waals surface area contributed by atoms with Gasteiger partial charge in [-0.25, -0.2) is 14.4 Å². The van der Waals surface area contributed by atoms with Crippen LogP contribution in [0.1, 0.15) is 54.6 Å². The molecule has 196 valence electrons. The van der Waals surface area contributed by atoms with Crippen molar-refractivity contribution < 1.29 is 23.5 Å². The summed E-state index contributed by atoms with van der Waals surface area (Å²) in [5.41, 5.74) is 2.63. The van der Waals surface area contributed by atoms with Crippen molar-refractivity contribution in [1.29, 1.82) is 0 Å². The van der Waals surface area contributed by atoms with Gasteiger partial charge in [-0.05, 0) is 63.4 Å². The molecule has 4 aromatic rings. The molecule has 1 N–H and O–H groups in total. The maximum Gasteiger partial charge on any atom is 0.408 e. The lowest BCUT2D eigenvalue weighted by Crippen LogP contribution is -2.39. The van der Waals surface area contributed by atoms with Crippen LogP contribution in [0.15, 0.2) is 82.0 Å². The van der Waals surface area contributed by atoms with Crippen molar-refractivity contribution in [3.05, 3.63) is 111 Å². The van der Waals surface area contributed by atoms with E-state index in [9.17, 15) is 14.4 Å². The standard InChI is InChI=1S/C31H31NO6/c1-19-23-16-17-25(20(2)27(23)37-28(33)24(19)18-21-12-8-6-9-13-21)36-29(34)26(22-14-10-7-11-15-22)32-30(35)38-31(3,4)5/h6-17,26H,18H2,1-5H3,(H,32,35)/t26-/m1/s1. The second-order valence-corrected chi connectivity index (χ2v) is 10.1. The van der Waals surface area contributed by atoms with Gasteiger partial charge in [-0.3, -0.25) is 0 Å². The fraction of sp³-hybridized carbons (Fsp3) is 0.258. The third-order valence-corrected chi connectivity index (χ3v) is 6.12. The summed E-state index contributed by atoms with van der Waals surface area (Å²) in [7, 11) is 0. The first-order chi connectivity index (χ1) is 18.0. The second kappa shape index (κ2) is 10.9. The number of alkyl carbamates (subject to hydrolysis) is 1. The van der Waals surface area contributed by atoms with E-state index >= 15 is 0 Å². The Hall–Kier alpha value is -4.39. The second-order valence-electron chi connectivity index (χ2n) is 10.1. The topological polar surface area (TPSA) is 94.8 Å². The molecule has 1 atom stereocenters. The normalized spacial score (nSPS) is 12.1. The van der Waals surface area contributed by atoms with Crippen LogP contribution in [0.25, 0.3) is 11.0 Å². The summed E-state index contributed by atoms with van der Waals surface area (Å²) < 4.78 is 16.8. The molecule has 7 nitrogen and oxygen atoms in total. The number of benzene rings is 3. The molecule has 1 heterocycles. The van der Waals surface area contributed by atoms with Crippen LogP contribution in [0.3, 0.4) is 0 Å². The molecule has 0 bridgehead atoms.